The van der Waals surface area contributed by atoms with E-state index in [9.17, 15) is 10.1 Å². The molecule has 2 aromatic carbocycles. The van der Waals surface area contributed by atoms with Crippen LogP contribution in [0.25, 0.3) is 0 Å². The third kappa shape index (κ3) is 5.50. The zero-order valence-electron chi connectivity index (χ0n) is 15.7. The lowest BCUT2D eigenvalue weighted by Crippen LogP contribution is -2.21. The first-order chi connectivity index (χ1) is 13.0. The van der Waals surface area contributed by atoms with Crippen molar-refractivity contribution >= 4 is 34.6 Å². The lowest BCUT2D eigenvalue weighted by Gasteiger charge is -2.22. The average molecular weight is 383 g/mol. The van der Waals surface area contributed by atoms with Gasteiger partial charge in [-0.3, -0.25) is 4.79 Å². The van der Waals surface area contributed by atoms with Crippen molar-refractivity contribution in [2.75, 3.05) is 28.6 Å². The molecule has 0 aliphatic rings. The summed E-state index contributed by atoms with van der Waals surface area (Å²) in [4.78, 5) is 14.5. The van der Waals surface area contributed by atoms with Crippen LogP contribution in [0.1, 0.15) is 19.4 Å². The fourth-order valence-electron chi connectivity index (χ4n) is 2.66. The maximum absolute atomic E-state index is 12.3. The summed E-state index contributed by atoms with van der Waals surface area (Å²) in [6, 6.07) is 14.7. The zero-order chi connectivity index (χ0) is 19.8. The van der Waals surface area contributed by atoms with E-state index in [0.717, 1.165) is 30.0 Å². The Morgan fingerprint density at radius 2 is 1.96 bits per heavy atom. The van der Waals surface area contributed by atoms with Crippen molar-refractivity contribution < 1.29 is 4.79 Å². The number of rotatable bonds is 7. The van der Waals surface area contributed by atoms with Gasteiger partial charge in [0.25, 0.3) is 5.91 Å². The Balaban J connectivity index is 2.12. The van der Waals surface area contributed by atoms with Crippen LogP contribution in [0, 0.1) is 18.3 Å². The third-order valence-corrected chi connectivity index (χ3v) is 4.39. The van der Waals surface area contributed by atoms with Gasteiger partial charge in [0, 0.05) is 41.4 Å². The average Bonchev–Trinajstić information content (AvgIpc) is 2.64. The Bertz CT molecular complexity index is 882. The topological polar surface area (TPSA) is 68.2 Å². The maximum Gasteiger partial charge on any atom is 0.267 e. The van der Waals surface area contributed by atoms with Crippen molar-refractivity contribution in [3.63, 3.8) is 0 Å². The first-order valence-electron chi connectivity index (χ1n) is 8.77. The van der Waals surface area contributed by atoms with Crippen molar-refractivity contribution in [2.24, 2.45) is 0 Å². The number of hydrogen-bond acceptors (Lipinski definition) is 4. The second-order valence-corrected chi connectivity index (χ2v) is 6.39. The van der Waals surface area contributed by atoms with Crippen molar-refractivity contribution in [1.29, 1.82) is 5.26 Å². The molecule has 0 saturated heterocycles. The van der Waals surface area contributed by atoms with Gasteiger partial charge in [0.05, 0.1) is 0 Å². The number of aryl methyl sites for hydroxylation is 1. The highest BCUT2D eigenvalue weighted by Crippen LogP contribution is 2.23. The molecular weight excluding hydrogens is 360 g/mol. The van der Waals surface area contributed by atoms with Gasteiger partial charge < -0.3 is 15.5 Å². The SMILES string of the molecule is CCN(CC)c1ccc(N/C=C(/C#N)C(=O)Nc2cccc(Cl)c2)c(C)c1. The molecule has 0 aliphatic carbocycles. The molecular formula is C21H23ClN4O. The number of carbonyl (C=O) groups excluding carboxylic acids is 1. The van der Waals surface area contributed by atoms with E-state index < -0.39 is 5.91 Å². The van der Waals surface area contributed by atoms with E-state index in [1.807, 2.05) is 25.1 Å². The fourth-order valence-corrected chi connectivity index (χ4v) is 2.85. The minimum absolute atomic E-state index is 0.0257. The molecule has 0 saturated carbocycles. The summed E-state index contributed by atoms with van der Waals surface area (Å²) in [5, 5.41) is 15.5. The highest BCUT2D eigenvalue weighted by Gasteiger charge is 2.10. The summed E-state index contributed by atoms with van der Waals surface area (Å²) >= 11 is 5.91. The molecule has 5 nitrogen and oxygen atoms in total. The van der Waals surface area contributed by atoms with Crippen LogP contribution in [0.5, 0.6) is 0 Å². The second kappa shape index (κ2) is 9.65. The van der Waals surface area contributed by atoms with Crippen molar-refractivity contribution in [3.05, 3.63) is 64.8 Å². The Morgan fingerprint density at radius 1 is 1.22 bits per heavy atom. The largest absolute Gasteiger partial charge is 0.372 e. The number of nitrogens with zero attached hydrogens (tertiary/aromatic N) is 2. The molecule has 0 fully saturated rings. The van der Waals surface area contributed by atoms with Crippen molar-refractivity contribution in [3.8, 4) is 6.07 Å². The Kier molecular flexibility index (Phi) is 7.27. The van der Waals surface area contributed by atoms with Gasteiger partial charge in [-0.2, -0.15) is 5.26 Å². The van der Waals surface area contributed by atoms with Crippen LogP contribution in [0.15, 0.2) is 54.2 Å². The minimum Gasteiger partial charge on any atom is -0.372 e. The molecule has 0 heterocycles. The number of nitriles is 1. The first kappa shape index (κ1) is 20.3. The number of amides is 1. The van der Waals surface area contributed by atoms with E-state index in [-0.39, 0.29) is 5.57 Å². The summed E-state index contributed by atoms with van der Waals surface area (Å²) < 4.78 is 0. The summed E-state index contributed by atoms with van der Waals surface area (Å²) in [6.45, 7) is 8.09. The molecule has 0 aromatic heterocycles. The summed E-state index contributed by atoms with van der Waals surface area (Å²) in [6.07, 6.45) is 1.42. The number of hydrogen-bond donors (Lipinski definition) is 2. The molecule has 2 rings (SSSR count). The molecule has 0 spiro atoms. The normalized spacial score (nSPS) is 10.9. The van der Waals surface area contributed by atoms with Crippen molar-refractivity contribution in [2.45, 2.75) is 20.8 Å². The van der Waals surface area contributed by atoms with Gasteiger partial charge in [0.15, 0.2) is 0 Å². The van der Waals surface area contributed by atoms with E-state index in [4.69, 9.17) is 11.6 Å². The molecule has 140 valence electrons. The molecule has 2 N–H and O–H groups in total. The molecule has 0 atom stereocenters. The fraction of sp³-hybridized carbons (Fsp3) is 0.238. The predicted octanol–water partition coefficient (Wildman–Crippen LogP) is 4.95. The van der Waals surface area contributed by atoms with E-state index in [1.54, 1.807) is 24.3 Å². The Hall–Kier alpha value is -2.97. The standard InChI is InChI=1S/C21H23ClN4O/c1-4-26(5-2)19-9-10-20(15(3)11-19)24-14-16(13-23)21(27)25-18-8-6-7-17(22)12-18/h6-12,14,24H,4-5H2,1-3H3,(H,25,27)/b16-14-. The molecule has 0 radical (unpaired) electrons. The monoisotopic (exact) mass is 382 g/mol. The quantitative estimate of drug-likeness (QED) is 0.525. The van der Waals surface area contributed by atoms with Gasteiger partial charge in [0.1, 0.15) is 11.6 Å². The lowest BCUT2D eigenvalue weighted by atomic mass is 10.1. The van der Waals surface area contributed by atoms with Crippen LogP contribution in [0.3, 0.4) is 0 Å². The Labute approximate surface area is 165 Å². The van der Waals surface area contributed by atoms with E-state index in [2.05, 4.69) is 35.4 Å². The molecule has 27 heavy (non-hydrogen) atoms. The number of benzene rings is 2. The van der Waals surface area contributed by atoms with Crippen LogP contribution in [0.2, 0.25) is 5.02 Å². The van der Waals surface area contributed by atoms with E-state index >= 15 is 0 Å². The number of carbonyl (C=O) groups is 1. The van der Waals surface area contributed by atoms with Crippen LogP contribution >= 0.6 is 11.6 Å². The molecule has 2 aromatic rings. The van der Waals surface area contributed by atoms with Gasteiger partial charge in [0.2, 0.25) is 0 Å². The summed E-state index contributed by atoms with van der Waals surface area (Å²) in [5.74, 6) is -0.496. The molecule has 0 bridgehead atoms. The van der Waals surface area contributed by atoms with Gasteiger partial charge in [-0.25, -0.2) is 0 Å². The molecule has 6 heteroatoms. The summed E-state index contributed by atoms with van der Waals surface area (Å²) in [7, 11) is 0. The van der Waals surface area contributed by atoms with Crippen molar-refractivity contribution in [1.82, 2.24) is 0 Å². The summed E-state index contributed by atoms with van der Waals surface area (Å²) in [5.41, 5.74) is 3.53. The second-order valence-electron chi connectivity index (χ2n) is 5.95. The molecule has 1 amide bonds. The maximum atomic E-state index is 12.3. The molecule has 0 aliphatic heterocycles. The van der Waals surface area contributed by atoms with Gasteiger partial charge in [-0.1, -0.05) is 17.7 Å². The lowest BCUT2D eigenvalue weighted by molar-refractivity contribution is -0.112. The van der Waals surface area contributed by atoms with Gasteiger partial charge in [-0.05, 0) is 62.7 Å². The number of anilines is 3. The minimum atomic E-state index is -0.496. The number of halogens is 1. The van der Waals surface area contributed by atoms with Crippen LogP contribution in [-0.2, 0) is 4.79 Å². The molecule has 0 unspecified atom stereocenters. The smallest absolute Gasteiger partial charge is 0.267 e. The van der Waals surface area contributed by atoms with Crippen LogP contribution in [0.4, 0.5) is 17.1 Å². The Morgan fingerprint density at radius 3 is 2.56 bits per heavy atom. The van der Waals surface area contributed by atoms with Gasteiger partial charge in [-0.15, -0.1) is 0 Å². The number of nitrogens with one attached hydrogen (secondary N) is 2. The zero-order valence-corrected chi connectivity index (χ0v) is 16.5. The van der Waals surface area contributed by atoms with E-state index in [0.29, 0.717) is 10.7 Å². The van der Waals surface area contributed by atoms with Crippen LogP contribution in [-0.4, -0.2) is 19.0 Å². The third-order valence-electron chi connectivity index (χ3n) is 4.16. The predicted molar refractivity (Wildman–Crippen MR) is 112 cm³/mol. The highest BCUT2D eigenvalue weighted by atomic mass is 35.5. The van der Waals surface area contributed by atoms with Gasteiger partial charge >= 0.3 is 0 Å². The van der Waals surface area contributed by atoms with Crippen LogP contribution < -0.4 is 15.5 Å². The highest BCUT2D eigenvalue weighted by molar-refractivity contribution is 6.31. The van der Waals surface area contributed by atoms with E-state index in [1.165, 1.54) is 6.20 Å². The first-order valence-corrected chi connectivity index (χ1v) is 9.15.